The van der Waals surface area contributed by atoms with Crippen molar-refractivity contribution in [2.75, 3.05) is 0 Å². The molecule has 60 valence electrons. The van der Waals surface area contributed by atoms with E-state index < -0.39 is 0 Å². The highest BCUT2D eigenvalue weighted by Gasteiger charge is 2.63. The zero-order valence-electron chi connectivity index (χ0n) is 7.02. The van der Waals surface area contributed by atoms with Crippen LogP contribution in [0.1, 0.15) is 32.6 Å². The van der Waals surface area contributed by atoms with Gasteiger partial charge in [-0.25, -0.2) is 0 Å². The van der Waals surface area contributed by atoms with E-state index in [0.29, 0.717) is 11.8 Å². The monoisotopic (exact) mass is 150 g/mol. The minimum absolute atomic E-state index is 0.284. The van der Waals surface area contributed by atoms with Gasteiger partial charge >= 0.3 is 0 Å². The van der Waals surface area contributed by atoms with Gasteiger partial charge in [-0.05, 0) is 30.8 Å². The van der Waals surface area contributed by atoms with Gasteiger partial charge in [-0.1, -0.05) is 13.5 Å². The van der Waals surface area contributed by atoms with Crippen LogP contribution in [0.15, 0.2) is 12.2 Å². The molecule has 2 fully saturated rings. The first-order valence-electron chi connectivity index (χ1n) is 4.43. The van der Waals surface area contributed by atoms with Gasteiger partial charge in [0.05, 0.1) is 0 Å². The molecule has 0 saturated heterocycles. The second-order valence-electron chi connectivity index (χ2n) is 3.85. The van der Waals surface area contributed by atoms with Crippen molar-refractivity contribution < 1.29 is 4.79 Å². The summed E-state index contributed by atoms with van der Waals surface area (Å²) in [6, 6.07) is 0. The maximum absolute atomic E-state index is 11.3. The molecule has 11 heavy (non-hydrogen) atoms. The van der Waals surface area contributed by atoms with Crippen LogP contribution >= 0.6 is 0 Å². The number of ketones is 1. The molecule has 0 spiro atoms. The van der Waals surface area contributed by atoms with Crippen molar-refractivity contribution in [2.24, 2.45) is 11.3 Å². The smallest absolute Gasteiger partial charge is 0.158 e. The Balaban J connectivity index is 2.06. The number of fused-ring (bicyclic) bond motifs is 1. The third-order valence-corrected chi connectivity index (χ3v) is 3.43. The summed E-state index contributed by atoms with van der Waals surface area (Å²) >= 11 is 0. The highest BCUT2D eigenvalue weighted by atomic mass is 16.1. The van der Waals surface area contributed by atoms with Gasteiger partial charge in [0.15, 0.2) is 5.78 Å². The van der Waals surface area contributed by atoms with Gasteiger partial charge in [0.2, 0.25) is 0 Å². The van der Waals surface area contributed by atoms with Crippen molar-refractivity contribution >= 4 is 5.78 Å². The third-order valence-electron chi connectivity index (χ3n) is 3.43. The highest BCUT2D eigenvalue weighted by Crippen LogP contribution is 2.71. The number of hydrogen-bond donors (Lipinski definition) is 0. The minimum Gasteiger partial charge on any atom is -0.295 e. The summed E-state index contributed by atoms with van der Waals surface area (Å²) in [5.41, 5.74) is 1.25. The molecule has 0 radical (unpaired) electrons. The molecule has 0 amide bonds. The first-order valence-corrected chi connectivity index (χ1v) is 4.43. The van der Waals surface area contributed by atoms with Crippen LogP contribution in [0.25, 0.3) is 0 Å². The molecule has 0 aromatic carbocycles. The maximum Gasteiger partial charge on any atom is 0.158 e. The summed E-state index contributed by atoms with van der Waals surface area (Å²) in [5.74, 6) is 1.12. The summed E-state index contributed by atoms with van der Waals surface area (Å²) < 4.78 is 0. The minimum atomic E-state index is 0.284. The van der Waals surface area contributed by atoms with E-state index in [4.69, 9.17) is 0 Å². The Morgan fingerprint density at radius 3 is 2.73 bits per heavy atom. The van der Waals surface area contributed by atoms with Crippen molar-refractivity contribution in [3.8, 4) is 0 Å². The maximum atomic E-state index is 11.3. The van der Waals surface area contributed by atoms with Crippen LogP contribution in [0.4, 0.5) is 0 Å². The zero-order chi connectivity index (χ0) is 8.06. The SMILES string of the molecule is C=C(C(=O)CC)C12CCC1C2. The molecule has 0 N–H and O–H groups in total. The van der Waals surface area contributed by atoms with Crippen LogP contribution in [0.3, 0.4) is 0 Å². The summed E-state index contributed by atoms with van der Waals surface area (Å²) in [7, 11) is 0. The lowest BCUT2D eigenvalue weighted by Crippen LogP contribution is -2.21. The Hall–Kier alpha value is -0.590. The van der Waals surface area contributed by atoms with Crippen molar-refractivity contribution in [2.45, 2.75) is 32.6 Å². The van der Waals surface area contributed by atoms with Crippen LogP contribution in [0.5, 0.6) is 0 Å². The van der Waals surface area contributed by atoms with Crippen LogP contribution in [-0.2, 0) is 4.79 Å². The summed E-state index contributed by atoms with van der Waals surface area (Å²) in [4.78, 5) is 11.3. The Morgan fingerprint density at radius 2 is 2.45 bits per heavy atom. The molecule has 0 aliphatic heterocycles. The third kappa shape index (κ3) is 0.741. The van der Waals surface area contributed by atoms with Crippen LogP contribution in [-0.4, -0.2) is 5.78 Å². The molecule has 2 saturated carbocycles. The predicted molar refractivity (Wildman–Crippen MR) is 44.2 cm³/mol. The van der Waals surface area contributed by atoms with E-state index in [0.717, 1.165) is 11.5 Å². The zero-order valence-corrected chi connectivity index (χ0v) is 7.02. The Bertz CT molecular complexity index is 225. The summed E-state index contributed by atoms with van der Waals surface area (Å²) in [6.45, 7) is 5.83. The van der Waals surface area contributed by atoms with E-state index in [1.165, 1.54) is 19.3 Å². The van der Waals surface area contributed by atoms with Crippen LogP contribution in [0, 0.1) is 11.3 Å². The molecule has 0 aromatic heterocycles. The topological polar surface area (TPSA) is 17.1 Å². The molecule has 2 unspecified atom stereocenters. The molecule has 0 aromatic rings. The molecule has 1 nitrogen and oxygen atoms in total. The average molecular weight is 150 g/mol. The van der Waals surface area contributed by atoms with Gasteiger partial charge in [0.1, 0.15) is 0 Å². The number of rotatable bonds is 3. The first-order chi connectivity index (χ1) is 5.20. The quantitative estimate of drug-likeness (QED) is 0.564. The lowest BCUT2D eigenvalue weighted by atomic mass is 9.77. The van der Waals surface area contributed by atoms with Gasteiger partial charge in [-0.15, -0.1) is 0 Å². The standard InChI is InChI=1S/C10H14O/c1-3-9(11)7(2)10-5-4-8(10)6-10/h8H,2-6H2,1H3. The molecule has 0 heterocycles. The van der Waals surface area contributed by atoms with Crippen LogP contribution < -0.4 is 0 Å². The fourth-order valence-corrected chi connectivity index (χ4v) is 2.29. The van der Waals surface area contributed by atoms with Gasteiger partial charge < -0.3 is 0 Å². The fourth-order valence-electron chi connectivity index (χ4n) is 2.29. The lowest BCUT2D eigenvalue weighted by molar-refractivity contribution is -0.116. The van der Waals surface area contributed by atoms with Crippen LogP contribution in [0.2, 0.25) is 0 Å². The van der Waals surface area contributed by atoms with Gasteiger partial charge in [0.25, 0.3) is 0 Å². The fraction of sp³-hybridized carbons (Fsp3) is 0.700. The first kappa shape index (κ1) is 7.08. The molecule has 2 aliphatic carbocycles. The molecule has 2 rings (SSSR count). The molecule has 2 aliphatic rings. The molecular formula is C10H14O. The van der Waals surface area contributed by atoms with E-state index >= 15 is 0 Å². The Labute approximate surface area is 67.5 Å². The van der Waals surface area contributed by atoms with Crippen molar-refractivity contribution in [3.05, 3.63) is 12.2 Å². The number of carbonyl (C=O) groups is 1. The molecule has 2 atom stereocenters. The van der Waals surface area contributed by atoms with Crippen molar-refractivity contribution in [1.82, 2.24) is 0 Å². The van der Waals surface area contributed by atoms with E-state index in [-0.39, 0.29) is 5.78 Å². The lowest BCUT2D eigenvalue weighted by Gasteiger charge is -2.26. The summed E-state index contributed by atoms with van der Waals surface area (Å²) in [6.07, 6.45) is 4.43. The highest BCUT2D eigenvalue weighted by molar-refractivity contribution is 5.96. The Kier molecular flexibility index (Phi) is 1.26. The van der Waals surface area contributed by atoms with Gasteiger partial charge in [0, 0.05) is 11.8 Å². The second-order valence-corrected chi connectivity index (χ2v) is 3.85. The van der Waals surface area contributed by atoms with E-state index in [1.807, 2.05) is 6.92 Å². The average Bonchev–Trinajstić information content (AvgIpc) is 2.52. The molecule has 1 heteroatoms. The van der Waals surface area contributed by atoms with E-state index in [9.17, 15) is 4.79 Å². The summed E-state index contributed by atoms with van der Waals surface area (Å²) in [5, 5.41) is 0. The molecular weight excluding hydrogens is 136 g/mol. The number of carbonyl (C=O) groups excluding carboxylic acids is 1. The van der Waals surface area contributed by atoms with Crippen molar-refractivity contribution in [3.63, 3.8) is 0 Å². The van der Waals surface area contributed by atoms with Gasteiger partial charge in [-0.2, -0.15) is 0 Å². The Morgan fingerprint density at radius 1 is 1.73 bits per heavy atom. The number of allylic oxidation sites excluding steroid dienone is 1. The normalized spacial score (nSPS) is 38.8. The molecule has 0 bridgehead atoms. The largest absolute Gasteiger partial charge is 0.295 e. The van der Waals surface area contributed by atoms with Gasteiger partial charge in [-0.3, -0.25) is 4.79 Å². The van der Waals surface area contributed by atoms with E-state index in [1.54, 1.807) is 0 Å². The predicted octanol–water partition coefficient (Wildman–Crippen LogP) is 2.32. The number of hydrogen-bond acceptors (Lipinski definition) is 1. The van der Waals surface area contributed by atoms with Crippen molar-refractivity contribution in [1.29, 1.82) is 0 Å². The number of Topliss-reactive ketones (excluding diaryl/α,β-unsaturated/α-hetero) is 1. The van der Waals surface area contributed by atoms with E-state index in [2.05, 4.69) is 6.58 Å². The second kappa shape index (κ2) is 1.96.